The van der Waals surface area contributed by atoms with E-state index >= 15 is 0 Å². The molecule has 5 heteroatoms. The number of carbonyl (C=O) groups is 1. The van der Waals surface area contributed by atoms with Gasteiger partial charge in [-0.15, -0.1) is 0 Å². The van der Waals surface area contributed by atoms with Gasteiger partial charge >= 0.3 is 0 Å². The van der Waals surface area contributed by atoms with Gasteiger partial charge in [0.25, 0.3) is 5.91 Å². The average Bonchev–Trinajstić information content (AvgIpc) is 2.69. The largest absolute Gasteiger partial charge is 0.495 e. The van der Waals surface area contributed by atoms with Crippen LogP contribution in [0.15, 0.2) is 48.5 Å². The average molecular weight is 353 g/mol. The summed E-state index contributed by atoms with van der Waals surface area (Å²) in [6, 6.07) is 16.1. The zero-order valence-electron chi connectivity index (χ0n) is 15.6. The zero-order valence-corrected chi connectivity index (χ0v) is 15.6. The van der Waals surface area contributed by atoms with Crippen LogP contribution in [-0.2, 0) is 6.54 Å². The molecule has 0 aromatic heterocycles. The maximum absolute atomic E-state index is 11.8. The number of carbonyl (C=O) groups excluding carboxylic acids is 1. The Balaban J connectivity index is 1.55. The number of benzene rings is 2. The van der Waals surface area contributed by atoms with Gasteiger partial charge in [0.15, 0.2) is 0 Å². The summed E-state index contributed by atoms with van der Waals surface area (Å²) in [6.07, 6.45) is 0. The van der Waals surface area contributed by atoms with E-state index in [4.69, 9.17) is 4.74 Å². The fourth-order valence-electron chi connectivity index (χ4n) is 3.32. The van der Waals surface area contributed by atoms with Gasteiger partial charge < -0.3 is 15.0 Å². The monoisotopic (exact) mass is 353 g/mol. The molecular formula is C21H27N3O2. The number of piperazine rings is 1. The molecule has 138 valence electrons. The number of nitrogens with one attached hydrogen (secondary N) is 1. The number of hydrogen-bond donors (Lipinski definition) is 1. The van der Waals surface area contributed by atoms with Gasteiger partial charge in [0.1, 0.15) is 5.75 Å². The van der Waals surface area contributed by atoms with Crippen molar-refractivity contribution < 1.29 is 9.53 Å². The smallest absolute Gasteiger partial charge is 0.251 e. The molecule has 26 heavy (non-hydrogen) atoms. The number of ether oxygens (including phenoxy) is 1. The van der Waals surface area contributed by atoms with Crippen LogP contribution in [0.1, 0.15) is 22.8 Å². The number of hydrogen-bond acceptors (Lipinski definition) is 4. The first kappa shape index (κ1) is 18.3. The summed E-state index contributed by atoms with van der Waals surface area (Å²) in [5.41, 5.74) is 3.13. The van der Waals surface area contributed by atoms with E-state index < -0.39 is 0 Å². The van der Waals surface area contributed by atoms with E-state index in [1.165, 1.54) is 11.3 Å². The predicted octanol–water partition coefficient (Wildman–Crippen LogP) is 2.77. The van der Waals surface area contributed by atoms with Gasteiger partial charge in [-0.1, -0.05) is 24.3 Å². The topological polar surface area (TPSA) is 44.8 Å². The molecule has 0 spiro atoms. The molecule has 0 aliphatic carbocycles. The lowest BCUT2D eigenvalue weighted by Gasteiger charge is -2.36. The van der Waals surface area contributed by atoms with Crippen molar-refractivity contribution in [2.24, 2.45) is 0 Å². The minimum Gasteiger partial charge on any atom is -0.495 e. The highest BCUT2D eigenvalue weighted by atomic mass is 16.5. The molecule has 0 saturated carbocycles. The Hall–Kier alpha value is -2.53. The Labute approximate surface area is 155 Å². The van der Waals surface area contributed by atoms with Crippen molar-refractivity contribution in [3.05, 3.63) is 59.7 Å². The summed E-state index contributed by atoms with van der Waals surface area (Å²) in [5.74, 6) is 0.923. The van der Waals surface area contributed by atoms with Crippen LogP contribution in [0.5, 0.6) is 5.75 Å². The van der Waals surface area contributed by atoms with Crippen LogP contribution < -0.4 is 15.0 Å². The molecule has 1 heterocycles. The third-order valence-corrected chi connectivity index (χ3v) is 4.76. The number of anilines is 1. The summed E-state index contributed by atoms with van der Waals surface area (Å²) < 4.78 is 5.48. The fraction of sp³-hybridized carbons (Fsp3) is 0.381. The maximum Gasteiger partial charge on any atom is 0.251 e. The van der Waals surface area contributed by atoms with E-state index in [0.717, 1.165) is 44.0 Å². The van der Waals surface area contributed by atoms with Gasteiger partial charge in [0.05, 0.1) is 12.8 Å². The highest BCUT2D eigenvalue weighted by molar-refractivity contribution is 5.94. The maximum atomic E-state index is 11.8. The zero-order chi connectivity index (χ0) is 18.4. The summed E-state index contributed by atoms with van der Waals surface area (Å²) >= 11 is 0. The van der Waals surface area contributed by atoms with Crippen molar-refractivity contribution in [2.75, 3.05) is 44.7 Å². The quantitative estimate of drug-likeness (QED) is 0.867. The summed E-state index contributed by atoms with van der Waals surface area (Å²) in [6.45, 7) is 7.48. The third kappa shape index (κ3) is 4.35. The molecule has 0 unspecified atom stereocenters. The van der Waals surface area contributed by atoms with E-state index in [2.05, 4.69) is 39.4 Å². The van der Waals surface area contributed by atoms with Crippen LogP contribution >= 0.6 is 0 Å². The molecule has 0 bridgehead atoms. The van der Waals surface area contributed by atoms with Crippen molar-refractivity contribution in [3.8, 4) is 5.75 Å². The third-order valence-electron chi connectivity index (χ3n) is 4.76. The molecule has 1 fully saturated rings. The van der Waals surface area contributed by atoms with E-state index in [0.29, 0.717) is 6.54 Å². The van der Waals surface area contributed by atoms with Crippen LogP contribution in [0.2, 0.25) is 0 Å². The Morgan fingerprint density at radius 3 is 2.38 bits per heavy atom. The van der Waals surface area contributed by atoms with Gasteiger partial charge in [-0.2, -0.15) is 0 Å². The normalized spacial score (nSPS) is 14.9. The molecule has 0 radical (unpaired) electrons. The first-order valence-electron chi connectivity index (χ1n) is 9.18. The molecule has 1 N–H and O–H groups in total. The van der Waals surface area contributed by atoms with Crippen molar-refractivity contribution in [2.45, 2.75) is 13.5 Å². The van der Waals surface area contributed by atoms with Crippen LogP contribution in [0, 0.1) is 0 Å². The lowest BCUT2D eigenvalue weighted by molar-refractivity contribution is 0.0956. The van der Waals surface area contributed by atoms with Crippen molar-refractivity contribution in [3.63, 3.8) is 0 Å². The fourth-order valence-corrected chi connectivity index (χ4v) is 3.32. The predicted molar refractivity (Wildman–Crippen MR) is 105 cm³/mol. The number of rotatable bonds is 6. The lowest BCUT2D eigenvalue weighted by atomic mass is 10.1. The molecule has 1 aliphatic heterocycles. The molecule has 1 amide bonds. The standard InChI is InChI=1S/C21H27N3O2/c1-3-22-21(25)18-10-8-17(9-11-18)16-23-12-14-24(15-13-23)19-6-4-5-7-20(19)26-2/h4-11H,3,12-16H2,1-2H3,(H,22,25). The molecule has 1 aliphatic rings. The first-order chi connectivity index (χ1) is 12.7. The summed E-state index contributed by atoms with van der Waals surface area (Å²) in [7, 11) is 1.72. The molecule has 3 rings (SSSR count). The van der Waals surface area contributed by atoms with Gasteiger partial charge in [0.2, 0.25) is 0 Å². The Morgan fingerprint density at radius 2 is 1.73 bits per heavy atom. The van der Waals surface area contributed by atoms with E-state index in [9.17, 15) is 4.79 Å². The van der Waals surface area contributed by atoms with Gasteiger partial charge in [-0.3, -0.25) is 9.69 Å². The van der Waals surface area contributed by atoms with Crippen molar-refractivity contribution in [1.82, 2.24) is 10.2 Å². The molecule has 1 saturated heterocycles. The van der Waals surface area contributed by atoms with Gasteiger partial charge in [0, 0.05) is 44.8 Å². The van der Waals surface area contributed by atoms with Crippen molar-refractivity contribution >= 4 is 11.6 Å². The second-order valence-electron chi connectivity index (χ2n) is 6.49. The number of methoxy groups -OCH3 is 1. The molecule has 5 nitrogen and oxygen atoms in total. The highest BCUT2D eigenvalue weighted by Crippen LogP contribution is 2.28. The Bertz CT molecular complexity index is 722. The highest BCUT2D eigenvalue weighted by Gasteiger charge is 2.19. The van der Waals surface area contributed by atoms with Crippen LogP contribution in [0.4, 0.5) is 5.69 Å². The van der Waals surface area contributed by atoms with Crippen LogP contribution in [0.25, 0.3) is 0 Å². The summed E-state index contributed by atoms with van der Waals surface area (Å²) in [5, 5.41) is 2.83. The number of nitrogens with zero attached hydrogens (tertiary/aromatic N) is 2. The molecule has 2 aromatic rings. The minimum absolute atomic E-state index is 0.00975. The Kier molecular flexibility index (Phi) is 6.12. The summed E-state index contributed by atoms with van der Waals surface area (Å²) in [4.78, 5) is 16.7. The van der Waals surface area contributed by atoms with Crippen LogP contribution in [-0.4, -0.2) is 50.6 Å². The van der Waals surface area contributed by atoms with E-state index in [1.807, 2.05) is 31.2 Å². The van der Waals surface area contributed by atoms with Gasteiger partial charge in [-0.25, -0.2) is 0 Å². The van der Waals surface area contributed by atoms with E-state index in [1.54, 1.807) is 7.11 Å². The minimum atomic E-state index is -0.00975. The molecular weight excluding hydrogens is 326 g/mol. The van der Waals surface area contributed by atoms with Crippen LogP contribution in [0.3, 0.4) is 0 Å². The van der Waals surface area contributed by atoms with Crippen molar-refractivity contribution in [1.29, 1.82) is 0 Å². The number of para-hydroxylation sites is 2. The van der Waals surface area contributed by atoms with Gasteiger partial charge in [-0.05, 0) is 36.8 Å². The Morgan fingerprint density at radius 1 is 1.04 bits per heavy atom. The number of amides is 1. The SMILES string of the molecule is CCNC(=O)c1ccc(CN2CCN(c3ccccc3OC)CC2)cc1. The first-order valence-corrected chi connectivity index (χ1v) is 9.18. The molecule has 0 atom stereocenters. The molecule has 2 aromatic carbocycles. The second kappa shape index (κ2) is 8.72. The van der Waals surface area contributed by atoms with E-state index in [-0.39, 0.29) is 5.91 Å². The second-order valence-corrected chi connectivity index (χ2v) is 6.49. The lowest BCUT2D eigenvalue weighted by Crippen LogP contribution is -2.46.